The second-order valence-corrected chi connectivity index (χ2v) is 7.33. The van der Waals surface area contributed by atoms with E-state index in [-0.39, 0.29) is 11.8 Å². The molecule has 0 spiro atoms. The lowest BCUT2D eigenvalue weighted by molar-refractivity contribution is -0.141. The molecule has 0 unspecified atom stereocenters. The Hall–Kier alpha value is -3.48. The zero-order chi connectivity index (χ0) is 19.6. The number of amides is 4. The van der Waals surface area contributed by atoms with Gasteiger partial charge in [0.15, 0.2) is 0 Å². The largest absolute Gasteiger partial charge is 0.324 e. The molecule has 2 aromatic carbocycles. The van der Waals surface area contributed by atoms with Crippen molar-refractivity contribution in [2.75, 3.05) is 12.4 Å². The van der Waals surface area contributed by atoms with Crippen LogP contribution >= 0.6 is 0 Å². The van der Waals surface area contributed by atoms with Gasteiger partial charge >= 0.3 is 0 Å². The molecule has 0 aromatic heterocycles. The van der Waals surface area contributed by atoms with Gasteiger partial charge in [-0.25, -0.2) is 0 Å². The minimum atomic E-state index is -1.03. The fourth-order valence-corrected chi connectivity index (χ4v) is 4.73. The first-order valence-corrected chi connectivity index (χ1v) is 9.09. The molecule has 0 saturated carbocycles. The van der Waals surface area contributed by atoms with Crippen LogP contribution in [-0.2, 0) is 14.4 Å². The molecule has 0 bridgehead atoms. The van der Waals surface area contributed by atoms with Crippen LogP contribution in [0.25, 0.3) is 0 Å². The lowest BCUT2D eigenvalue weighted by atomic mass is 9.86. The molecule has 2 aromatic rings. The Morgan fingerprint density at radius 2 is 1.39 bits per heavy atom. The molecule has 5 rings (SSSR count). The van der Waals surface area contributed by atoms with E-state index in [1.165, 1.54) is 11.9 Å². The maximum absolute atomic E-state index is 13.5. The molecular formula is C21H17N3O4. The highest BCUT2D eigenvalue weighted by Crippen LogP contribution is 2.51. The van der Waals surface area contributed by atoms with Gasteiger partial charge in [-0.2, -0.15) is 0 Å². The number of para-hydroxylation sites is 1. The Balaban J connectivity index is 1.74. The quantitative estimate of drug-likeness (QED) is 0.764. The second-order valence-electron chi connectivity index (χ2n) is 7.33. The summed E-state index contributed by atoms with van der Waals surface area (Å²) in [4.78, 5) is 54.8. The standard InChI is InChI=1S/C21H17N3O4/c1-23-20(27)14-15(21(23)28)17-18(25)22-13-10-6-5-9-12(13)19(26)24(17)16(14)11-7-3-2-4-8-11/h2-10,14-17H,1H3,(H,22,25)/t14-,15+,16-,17-/m1/s1. The van der Waals surface area contributed by atoms with Gasteiger partial charge in [0.1, 0.15) is 6.04 Å². The van der Waals surface area contributed by atoms with E-state index < -0.39 is 35.7 Å². The van der Waals surface area contributed by atoms with Crippen molar-refractivity contribution in [2.45, 2.75) is 12.1 Å². The van der Waals surface area contributed by atoms with Gasteiger partial charge in [0.25, 0.3) is 5.91 Å². The van der Waals surface area contributed by atoms with Crippen molar-refractivity contribution >= 4 is 29.3 Å². The number of carbonyl (C=O) groups excluding carboxylic acids is 4. The number of carbonyl (C=O) groups is 4. The summed E-state index contributed by atoms with van der Waals surface area (Å²) in [6.45, 7) is 0. The zero-order valence-corrected chi connectivity index (χ0v) is 15.0. The first-order chi connectivity index (χ1) is 13.5. The number of likely N-dealkylation sites (tertiary alicyclic amines) is 1. The van der Waals surface area contributed by atoms with Crippen LogP contribution < -0.4 is 5.32 Å². The summed E-state index contributed by atoms with van der Waals surface area (Å²) < 4.78 is 0. The molecular weight excluding hydrogens is 358 g/mol. The van der Waals surface area contributed by atoms with Crippen molar-refractivity contribution < 1.29 is 19.2 Å². The Morgan fingerprint density at radius 1 is 0.786 bits per heavy atom. The van der Waals surface area contributed by atoms with Crippen molar-refractivity contribution in [3.8, 4) is 0 Å². The van der Waals surface area contributed by atoms with Gasteiger partial charge in [-0.3, -0.25) is 24.1 Å². The third-order valence-electron chi connectivity index (χ3n) is 5.96. The molecule has 1 N–H and O–H groups in total. The molecule has 0 radical (unpaired) electrons. The number of nitrogens with one attached hydrogen (secondary N) is 1. The van der Waals surface area contributed by atoms with Crippen LogP contribution in [0.1, 0.15) is 22.0 Å². The predicted molar refractivity (Wildman–Crippen MR) is 99.0 cm³/mol. The summed E-state index contributed by atoms with van der Waals surface area (Å²) in [6.07, 6.45) is 0. The van der Waals surface area contributed by atoms with Crippen LogP contribution in [-0.4, -0.2) is 46.5 Å². The van der Waals surface area contributed by atoms with Gasteiger partial charge in [-0.15, -0.1) is 0 Å². The third kappa shape index (κ3) is 2.04. The minimum Gasteiger partial charge on any atom is -0.324 e. The molecule has 0 aliphatic carbocycles. The van der Waals surface area contributed by atoms with E-state index in [0.717, 1.165) is 10.5 Å². The first-order valence-electron chi connectivity index (χ1n) is 9.09. The number of hydrogen-bond acceptors (Lipinski definition) is 4. The Kier molecular flexibility index (Phi) is 3.43. The van der Waals surface area contributed by atoms with Gasteiger partial charge in [0.05, 0.1) is 29.1 Å². The van der Waals surface area contributed by atoms with Crippen molar-refractivity contribution in [2.24, 2.45) is 11.8 Å². The molecule has 7 nitrogen and oxygen atoms in total. The third-order valence-corrected chi connectivity index (χ3v) is 5.96. The van der Waals surface area contributed by atoms with Gasteiger partial charge in [-0.05, 0) is 17.7 Å². The van der Waals surface area contributed by atoms with E-state index in [0.29, 0.717) is 11.3 Å². The summed E-state index contributed by atoms with van der Waals surface area (Å²) in [5.41, 5.74) is 1.50. The molecule has 3 heterocycles. The van der Waals surface area contributed by atoms with Crippen LogP contribution in [0.3, 0.4) is 0 Å². The van der Waals surface area contributed by atoms with Crippen LogP contribution in [0, 0.1) is 11.8 Å². The number of rotatable bonds is 1. The van der Waals surface area contributed by atoms with Crippen LogP contribution in [0.15, 0.2) is 54.6 Å². The maximum atomic E-state index is 13.5. The smallest absolute Gasteiger partial charge is 0.257 e. The van der Waals surface area contributed by atoms with Crippen molar-refractivity contribution in [1.29, 1.82) is 0 Å². The van der Waals surface area contributed by atoms with Gasteiger partial charge in [-0.1, -0.05) is 42.5 Å². The number of fused-ring (bicyclic) bond motifs is 4. The minimum absolute atomic E-state index is 0.354. The summed E-state index contributed by atoms with van der Waals surface area (Å²) in [5.74, 6) is -3.23. The van der Waals surface area contributed by atoms with Gasteiger partial charge < -0.3 is 10.2 Å². The lowest BCUT2D eigenvalue weighted by Gasteiger charge is -2.31. The fourth-order valence-electron chi connectivity index (χ4n) is 4.73. The maximum Gasteiger partial charge on any atom is 0.257 e. The van der Waals surface area contributed by atoms with E-state index in [1.807, 2.05) is 30.3 Å². The number of nitrogens with zero attached hydrogens (tertiary/aromatic N) is 2. The van der Waals surface area contributed by atoms with Crippen LogP contribution in [0.2, 0.25) is 0 Å². The molecule has 2 fully saturated rings. The molecule has 28 heavy (non-hydrogen) atoms. The molecule has 2 saturated heterocycles. The monoisotopic (exact) mass is 375 g/mol. The molecule has 7 heteroatoms. The average Bonchev–Trinajstić information content (AvgIpc) is 3.14. The molecule has 140 valence electrons. The van der Waals surface area contributed by atoms with Gasteiger partial charge in [0, 0.05) is 7.05 Å². The fraction of sp³-hybridized carbons (Fsp3) is 0.238. The summed E-state index contributed by atoms with van der Waals surface area (Å²) in [5, 5.41) is 2.78. The second kappa shape index (κ2) is 5.76. The molecule has 3 aliphatic heterocycles. The summed E-state index contributed by atoms with van der Waals surface area (Å²) >= 11 is 0. The SMILES string of the molecule is CN1C(=O)[C@@H]2[C@H](C1=O)[C@@H]1C(=O)Nc3ccccc3C(=O)N1[C@@H]2c1ccccc1. The Morgan fingerprint density at radius 3 is 2.11 bits per heavy atom. The zero-order valence-electron chi connectivity index (χ0n) is 15.0. The molecule has 4 atom stereocenters. The van der Waals surface area contributed by atoms with E-state index in [2.05, 4.69) is 5.32 Å². The Bertz CT molecular complexity index is 1030. The number of hydrogen-bond donors (Lipinski definition) is 1. The van der Waals surface area contributed by atoms with Crippen LogP contribution in [0.4, 0.5) is 5.69 Å². The van der Waals surface area contributed by atoms with E-state index >= 15 is 0 Å². The summed E-state index contributed by atoms with van der Waals surface area (Å²) in [6, 6.07) is 14.2. The predicted octanol–water partition coefficient (Wildman–Crippen LogP) is 1.44. The van der Waals surface area contributed by atoms with Crippen LogP contribution in [0.5, 0.6) is 0 Å². The first kappa shape index (κ1) is 16.7. The van der Waals surface area contributed by atoms with Gasteiger partial charge in [0.2, 0.25) is 17.7 Å². The Labute approximate surface area is 160 Å². The number of imide groups is 1. The van der Waals surface area contributed by atoms with Crippen molar-refractivity contribution in [3.05, 3.63) is 65.7 Å². The number of benzene rings is 2. The van der Waals surface area contributed by atoms with Crippen molar-refractivity contribution in [1.82, 2.24) is 9.80 Å². The van der Waals surface area contributed by atoms with Crippen molar-refractivity contribution in [3.63, 3.8) is 0 Å². The van der Waals surface area contributed by atoms with E-state index in [4.69, 9.17) is 0 Å². The highest BCUT2D eigenvalue weighted by Gasteiger charge is 2.65. The summed E-state index contributed by atoms with van der Waals surface area (Å²) in [7, 11) is 1.43. The highest BCUT2D eigenvalue weighted by atomic mass is 16.2. The highest BCUT2D eigenvalue weighted by molar-refractivity contribution is 6.15. The van der Waals surface area contributed by atoms with E-state index in [9.17, 15) is 19.2 Å². The number of anilines is 1. The molecule has 3 aliphatic rings. The topological polar surface area (TPSA) is 86.8 Å². The molecule has 4 amide bonds. The normalized spacial score (nSPS) is 28.6. The lowest BCUT2D eigenvalue weighted by Crippen LogP contribution is -2.47. The van der Waals surface area contributed by atoms with E-state index in [1.54, 1.807) is 24.3 Å². The average molecular weight is 375 g/mol.